The Morgan fingerprint density at radius 2 is 1.71 bits per heavy atom. The molecule has 2 aromatic carbocycles. The summed E-state index contributed by atoms with van der Waals surface area (Å²) in [6, 6.07) is 18.5. The second kappa shape index (κ2) is 9.60. The predicted molar refractivity (Wildman–Crippen MR) is 102 cm³/mol. The molecular formula is C20H27NO2S. The van der Waals surface area contributed by atoms with Crippen molar-refractivity contribution in [2.24, 2.45) is 5.92 Å². The van der Waals surface area contributed by atoms with E-state index in [4.69, 9.17) is 4.74 Å². The van der Waals surface area contributed by atoms with E-state index in [1.165, 1.54) is 11.1 Å². The number of ether oxygens (including phenoxy) is 1. The van der Waals surface area contributed by atoms with Crippen LogP contribution in [-0.4, -0.2) is 22.8 Å². The summed E-state index contributed by atoms with van der Waals surface area (Å²) in [6.45, 7) is 5.75. The zero-order valence-electron chi connectivity index (χ0n) is 14.7. The van der Waals surface area contributed by atoms with Crippen LogP contribution in [-0.2, 0) is 17.3 Å². The van der Waals surface area contributed by atoms with Crippen molar-refractivity contribution in [2.45, 2.75) is 26.4 Å². The highest BCUT2D eigenvalue weighted by Gasteiger charge is 2.12. The van der Waals surface area contributed by atoms with E-state index in [0.717, 1.165) is 18.9 Å². The number of nitrogens with one attached hydrogen (secondary N) is 1. The highest BCUT2D eigenvalue weighted by Crippen LogP contribution is 2.17. The van der Waals surface area contributed by atoms with Gasteiger partial charge in [-0.05, 0) is 29.2 Å². The minimum absolute atomic E-state index is 0.0916. The molecule has 4 heteroatoms. The van der Waals surface area contributed by atoms with E-state index in [1.54, 1.807) is 6.26 Å². The van der Waals surface area contributed by atoms with Gasteiger partial charge in [-0.15, -0.1) is 0 Å². The summed E-state index contributed by atoms with van der Waals surface area (Å²) in [7, 11) is -0.847. The second-order valence-corrected chi connectivity index (χ2v) is 7.91. The third-order valence-electron chi connectivity index (χ3n) is 3.66. The molecule has 0 bridgehead atoms. The Morgan fingerprint density at radius 3 is 2.29 bits per heavy atom. The molecule has 2 atom stereocenters. The fourth-order valence-electron chi connectivity index (χ4n) is 2.40. The van der Waals surface area contributed by atoms with E-state index in [-0.39, 0.29) is 6.04 Å². The van der Waals surface area contributed by atoms with Crippen molar-refractivity contribution in [3.05, 3.63) is 65.7 Å². The molecule has 2 aromatic rings. The van der Waals surface area contributed by atoms with Crippen LogP contribution in [0.5, 0.6) is 5.75 Å². The first kappa shape index (κ1) is 18.7. The Bertz CT molecular complexity index is 626. The number of hydrogen-bond donors (Lipinski definition) is 1. The van der Waals surface area contributed by atoms with Crippen molar-refractivity contribution in [3.63, 3.8) is 0 Å². The highest BCUT2D eigenvalue weighted by atomic mass is 32.2. The molecule has 0 saturated heterocycles. The van der Waals surface area contributed by atoms with Crippen molar-refractivity contribution >= 4 is 10.8 Å². The van der Waals surface area contributed by atoms with Gasteiger partial charge >= 0.3 is 0 Å². The molecule has 0 saturated carbocycles. The van der Waals surface area contributed by atoms with Crippen LogP contribution in [0.3, 0.4) is 0 Å². The van der Waals surface area contributed by atoms with Crippen molar-refractivity contribution in [1.82, 2.24) is 5.32 Å². The van der Waals surface area contributed by atoms with E-state index >= 15 is 0 Å². The van der Waals surface area contributed by atoms with Crippen molar-refractivity contribution in [2.75, 3.05) is 18.6 Å². The molecule has 130 valence electrons. The Hall–Kier alpha value is -1.65. The standard InChI is InChI=1S/C20H27NO2S/c1-16(2)14-23-19-11-9-17(10-12-19)13-21-20(15-24(3)22)18-7-5-4-6-8-18/h4-12,16,20-21H,13-15H2,1-3H3. The Morgan fingerprint density at radius 1 is 1.04 bits per heavy atom. The molecule has 0 amide bonds. The molecular weight excluding hydrogens is 318 g/mol. The lowest BCUT2D eigenvalue weighted by Crippen LogP contribution is -2.25. The van der Waals surface area contributed by atoms with Crippen LogP contribution in [0.15, 0.2) is 54.6 Å². The molecule has 0 aromatic heterocycles. The van der Waals surface area contributed by atoms with Gasteiger partial charge in [-0.3, -0.25) is 4.21 Å². The summed E-state index contributed by atoms with van der Waals surface area (Å²) in [5, 5.41) is 3.52. The lowest BCUT2D eigenvalue weighted by Gasteiger charge is -2.18. The fraction of sp³-hybridized carbons (Fsp3) is 0.400. The normalized spacial score (nSPS) is 13.7. The highest BCUT2D eigenvalue weighted by molar-refractivity contribution is 7.84. The maximum atomic E-state index is 11.7. The van der Waals surface area contributed by atoms with E-state index in [1.807, 2.05) is 30.3 Å². The quantitative estimate of drug-likeness (QED) is 0.748. The summed E-state index contributed by atoms with van der Waals surface area (Å²) >= 11 is 0. The average Bonchev–Trinajstić information content (AvgIpc) is 2.58. The minimum atomic E-state index is -0.847. The summed E-state index contributed by atoms with van der Waals surface area (Å²) in [6.07, 6.45) is 1.75. The number of hydrogen-bond acceptors (Lipinski definition) is 3. The van der Waals surface area contributed by atoms with Gasteiger partial charge in [0, 0.05) is 35.4 Å². The van der Waals surface area contributed by atoms with Crippen molar-refractivity contribution in [1.29, 1.82) is 0 Å². The molecule has 2 rings (SSSR count). The van der Waals surface area contributed by atoms with Crippen molar-refractivity contribution < 1.29 is 8.95 Å². The van der Waals surface area contributed by atoms with E-state index in [2.05, 4.69) is 43.4 Å². The maximum Gasteiger partial charge on any atom is 0.119 e. The first-order chi connectivity index (χ1) is 11.5. The van der Waals surface area contributed by atoms with Gasteiger partial charge in [0.15, 0.2) is 0 Å². The van der Waals surface area contributed by atoms with Crippen LogP contribution >= 0.6 is 0 Å². The molecule has 2 unspecified atom stereocenters. The fourth-order valence-corrected chi connectivity index (χ4v) is 3.18. The maximum absolute atomic E-state index is 11.7. The third-order valence-corrected chi connectivity index (χ3v) is 4.47. The molecule has 0 fully saturated rings. The van der Waals surface area contributed by atoms with Crippen LogP contribution in [0.25, 0.3) is 0 Å². The Kier molecular flexibility index (Phi) is 7.47. The smallest absolute Gasteiger partial charge is 0.119 e. The first-order valence-corrected chi connectivity index (χ1v) is 10.1. The summed E-state index contributed by atoms with van der Waals surface area (Å²) < 4.78 is 17.4. The van der Waals surface area contributed by atoms with Gasteiger partial charge < -0.3 is 10.1 Å². The first-order valence-electron chi connectivity index (χ1n) is 8.34. The van der Waals surface area contributed by atoms with Gasteiger partial charge in [0.25, 0.3) is 0 Å². The summed E-state index contributed by atoms with van der Waals surface area (Å²) in [4.78, 5) is 0. The molecule has 1 N–H and O–H groups in total. The molecule has 0 heterocycles. The topological polar surface area (TPSA) is 38.3 Å². The van der Waals surface area contributed by atoms with Gasteiger partial charge in [-0.2, -0.15) is 0 Å². The largest absolute Gasteiger partial charge is 0.493 e. The molecule has 3 nitrogen and oxygen atoms in total. The second-order valence-electron chi connectivity index (χ2n) is 6.43. The molecule has 0 radical (unpaired) electrons. The SMILES string of the molecule is CC(C)COc1ccc(CNC(CS(C)=O)c2ccccc2)cc1. The molecule has 0 aliphatic rings. The van der Waals surface area contributed by atoms with Gasteiger partial charge in [0.05, 0.1) is 6.61 Å². The van der Waals surface area contributed by atoms with Gasteiger partial charge in [-0.25, -0.2) is 0 Å². The van der Waals surface area contributed by atoms with E-state index in [9.17, 15) is 4.21 Å². The molecule has 0 spiro atoms. The molecule has 0 aliphatic carbocycles. The molecule has 24 heavy (non-hydrogen) atoms. The lowest BCUT2D eigenvalue weighted by molar-refractivity contribution is 0.271. The lowest BCUT2D eigenvalue weighted by atomic mass is 10.1. The van der Waals surface area contributed by atoms with Crippen LogP contribution in [0, 0.1) is 5.92 Å². The zero-order chi connectivity index (χ0) is 17.4. The minimum Gasteiger partial charge on any atom is -0.493 e. The van der Waals surface area contributed by atoms with Crippen LogP contribution in [0.2, 0.25) is 0 Å². The van der Waals surface area contributed by atoms with Gasteiger partial charge in [-0.1, -0.05) is 56.3 Å². The number of benzene rings is 2. The average molecular weight is 346 g/mol. The van der Waals surface area contributed by atoms with Crippen LogP contribution in [0.4, 0.5) is 0 Å². The van der Waals surface area contributed by atoms with Gasteiger partial charge in [0.1, 0.15) is 5.75 Å². The Labute approximate surface area is 147 Å². The summed E-state index contributed by atoms with van der Waals surface area (Å²) in [5.74, 6) is 2.04. The van der Waals surface area contributed by atoms with Crippen LogP contribution < -0.4 is 10.1 Å². The van der Waals surface area contributed by atoms with Crippen LogP contribution in [0.1, 0.15) is 31.0 Å². The zero-order valence-corrected chi connectivity index (χ0v) is 15.5. The summed E-state index contributed by atoms with van der Waals surface area (Å²) in [5.41, 5.74) is 2.36. The van der Waals surface area contributed by atoms with Gasteiger partial charge in [0.2, 0.25) is 0 Å². The third kappa shape index (κ3) is 6.46. The van der Waals surface area contributed by atoms with E-state index in [0.29, 0.717) is 11.7 Å². The van der Waals surface area contributed by atoms with E-state index < -0.39 is 10.8 Å². The molecule has 0 aliphatic heterocycles. The monoisotopic (exact) mass is 345 g/mol. The van der Waals surface area contributed by atoms with Crippen molar-refractivity contribution in [3.8, 4) is 5.75 Å². The Balaban J connectivity index is 1.95. The predicted octanol–water partition coefficient (Wildman–Crippen LogP) is 3.93. The number of rotatable bonds is 9.